The molecule has 3 N–H and O–H groups in total. The molecule has 0 aliphatic rings. The van der Waals surface area contributed by atoms with E-state index in [1.165, 1.54) is 0 Å². The van der Waals surface area contributed by atoms with Gasteiger partial charge in [-0.05, 0) is 36.8 Å². The summed E-state index contributed by atoms with van der Waals surface area (Å²) in [6.07, 6.45) is 0. The molecule has 0 aliphatic carbocycles. The molecule has 5 nitrogen and oxygen atoms in total. The molecule has 0 saturated heterocycles. The van der Waals surface area contributed by atoms with E-state index in [1.807, 2.05) is 37.3 Å². The number of fused-ring (bicyclic) bond motifs is 1. The zero-order valence-corrected chi connectivity index (χ0v) is 12.3. The van der Waals surface area contributed by atoms with Gasteiger partial charge in [-0.1, -0.05) is 18.2 Å². The third-order valence-corrected chi connectivity index (χ3v) is 3.44. The third-order valence-electron chi connectivity index (χ3n) is 3.44. The predicted octanol–water partition coefficient (Wildman–Crippen LogP) is 3.58. The number of rotatable bonds is 3. The summed E-state index contributed by atoms with van der Waals surface area (Å²) in [4.78, 5) is 12.4. The van der Waals surface area contributed by atoms with Gasteiger partial charge in [0.1, 0.15) is 11.3 Å². The first-order valence-electron chi connectivity index (χ1n) is 6.83. The van der Waals surface area contributed by atoms with Crippen LogP contribution >= 0.6 is 0 Å². The lowest BCUT2D eigenvalue weighted by Crippen LogP contribution is -2.13. The maximum atomic E-state index is 12.4. The normalized spacial score (nSPS) is 10.6. The predicted molar refractivity (Wildman–Crippen MR) is 86.3 cm³/mol. The van der Waals surface area contributed by atoms with Crippen molar-refractivity contribution in [2.24, 2.45) is 0 Å². The molecule has 112 valence electrons. The van der Waals surface area contributed by atoms with Gasteiger partial charge in [0, 0.05) is 5.39 Å². The zero-order valence-electron chi connectivity index (χ0n) is 12.3. The van der Waals surface area contributed by atoms with Crippen molar-refractivity contribution in [2.45, 2.75) is 6.92 Å². The lowest BCUT2D eigenvalue weighted by atomic mass is 10.2. The summed E-state index contributed by atoms with van der Waals surface area (Å²) in [5.41, 5.74) is 8.51. The van der Waals surface area contributed by atoms with E-state index in [0.717, 1.165) is 10.9 Å². The van der Waals surface area contributed by atoms with E-state index in [9.17, 15) is 4.79 Å². The first kappa shape index (κ1) is 14.0. The molecule has 0 saturated carbocycles. The monoisotopic (exact) mass is 296 g/mol. The molecule has 0 unspecified atom stereocenters. The smallest absolute Gasteiger partial charge is 0.293 e. The van der Waals surface area contributed by atoms with Gasteiger partial charge in [-0.25, -0.2) is 0 Å². The molecule has 1 aromatic heterocycles. The number of amides is 1. The Bertz CT molecular complexity index is 852. The van der Waals surface area contributed by atoms with Crippen LogP contribution in [0.2, 0.25) is 0 Å². The Morgan fingerprint density at radius 3 is 2.73 bits per heavy atom. The number of ether oxygens (including phenoxy) is 1. The number of furan rings is 1. The first-order valence-corrected chi connectivity index (χ1v) is 6.83. The van der Waals surface area contributed by atoms with Gasteiger partial charge < -0.3 is 20.2 Å². The fourth-order valence-corrected chi connectivity index (χ4v) is 2.33. The largest absolute Gasteiger partial charge is 0.495 e. The Labute approximate surface area is 127 Å². The Morgan fingerprint density at radius 1 is 1.23 bits per heavy atom. The molecule has 0 radical (unpaired) electrons. The number of carbonyl (C=O) groups is 1. The van der Waals surface area contributed by atoms with E-state index in [2.05, 4.69) is 5.32 Å². The minimum atomic E-state index is -0.405. The van der Waals surface area contributed by atoms with Crippen molar-refractivity contribution >= 4 is 28.3 Å². The van der Waals surface area contributed by atoms with Crippen molar-refractivity contribution in [3.8, 4) is 5.75 Å². The van der Waals surface area contributed by atoms with Crippen LogP contribution < -0.4 is 15.8 Å². The molecule has 22 heavy (non-hydrogen) atoms. The second kappa shape index (κ2) is 5.44. The highest BCUT2D eigenvalue weighted by atomic mass is 16.5. The summed E-state index contributed by atoms with van der Waals surface area (Å²) in [6, 6.07) is 12.8. The maximum Gasteiger partial charge on any atom is 0.293 e. The molecule has 5 heteroatoms. The van der Waals surface area contributed by atoms with Crippen molar-refractivity contribution < 1.29 is 13.9 Å². The van der Waals surface area contributed by atoms with Gasteiger partial charge in [0.05, 0.1) is 18.5 Å². The Morgan fingerprint density at radius 2 is 2.00 bits per heavy atom. The molecule has 1 heterocycles. The topological polar surface area (TPSA) is 77.5 Å². The molecule has 0 fully saturated rings. The molecule has 0 atom stereocenters. The Hall–Kier alpha value is -2.95. The van der Waals surface area contributed by atoms with Gasteiger partial charge in [-0.3, -0.25) is 4.79 Å². The molecule has 3 rings (SSSR count). The van der Waals surface area contributed by atoms with Gasteiger partial charge in [-0.2, -0.15) is 0 Å². The molecule has 3 aromatic rings. The van der Waals surface area contributed by atoms with Crippen LogP contribution in [0, 0.1) is 6.92 Å². The number of nitrogens with two attached hydrogens (primary N) is 1. The highest BCUT2D eigenvalue weighted by Gasteiger charge is 2.19. The van der Waals surface area contributed by atoms with E-state index < -0.39 is 5.91 Å². The molecule has 2 aromatic carbocycles. The van der Waals surface area contributed by atoms with Crippen LogP contribution in [0.25, 0.3) is 11.0 Å². The van der Waals surface area contributed by atoms with Crippen LogP contribution in [-0.2, 0) is 0 Å². The van der Waals surface area contributed by atoms with Gasteiger partial charge >= 0.3 is 0 Å². The Balaban J connectivity index is 1.97. The van der Waals surface area contributed by atoms with Gasteiger partial charge in [-0.15, -0.1) is 0 Å². The average Bonchev–Trinajstić information content (AvgIpc) is 2.85. The number of benzene rings is 2. The second-order valence-electron chi connectivity index (χ2n) is 5.00. The summed E-state index contributed by atoms with van der Waals surface area (Å²) in [6.45, 7) is 1.94. The number of carbonyl (C=O) groups excluding carboxylic acids is 1. The van der Waals surface area contributed by atoms with Crippen LogP contribution in [0.3, 0.4) is 0 Å². The van der Waals surface area contributed by atoms with Crippen molar-refractivity contribution in [3.63, 3.8) is 0 Å². The highest BCUT2D eigenvalue weighted by Crippen LogP contribution is 2.30. The minimum absolute atomic E-state index is 0.102. The van der Waals surface area contributed by atoms with E-state index in [4.69, 9.17) is 14.9 Å². The standard InChI is InChI=1S/C17H16N2O3/c1-10-7-8-14(21-2)12(9-10)19-17(20)16-15(18)11-5-3-4-6-13(11)22-16/h3-9H,18H2,1-2H3,(H,19,20). The lowest BCUT2D eigenvalue weighted by molar-refractivity contribution is 0.0999. The van der Waals surface area contributed by atoms with Crippen LogP contribution in [-0.4, -0.2) is 13.0 Å². The van der Waals surface area contributed by atoms with E-state index >= 15 is 0 Å². The van der Waals surface area contributed by atoms with Crippen LogP contribution in [0.4, 0.5) is 11.4 Å². The summed E-state index contributed by atoms with van der Waals surface area (Å²) in [5, 5.41) is 3.51. The number of aryl methyl sites for hydroxylation is 1. The lowest BCUT2D eigenvalue weighted by Gasteiger charge is -2.10. The number of hydrogen-bond acceptors (Lipinski definition) is 4. The molecular formula is C17H16N2O3. The third kappa shape index (κ3) is 2.37. The van der Waals surface area contributed by atoms with Crippen LogP contribution in [0.1, 0.15) is 16.1 Å². The second-order valence-corrected chi connectivity index (χ2v) is 5.00. The number of anilines is 2. The fraction of sp³-hybridized carbons (Fsp3) is 0.118. The number of methoxy groups -OCH3 is 1. The van der Waals surface area contributed by atoms with Crippen LogP contribution in [0.15, 0.2) is 46.9 Å². The van der Waals surface area contributed by atoms with E-state index in [-0.39, 0.29) is 5.76 Å². The quantitative estimate of drug-likeness (QED) is 0.774. The number of para-hydroxylation sites is 1. The molecular weight excluding hydrogens is 280 g/mol. The average molecular weight is 296 g/mol. The van der Waals surface area contributed by atoms with Crippen LogP contribution in [0.5, 0.6) is 5.75 Å². The van der Waals surface area contributed by atoms with Crippen molar-refractivity contribution in [2.75, 3.05) is 18.2 Å². The SMILES string of the molecule is COc1ccc(C)cc1NC(=O)c1oc2ccccc2c1N. The summed E-state index contributed by atoms with van der Waals surface area (Å²) in [7, 11) is 1.55. The summed E-state index contributed by atoms with van der Waals surface area (Å²) < 4.78 is 10.8. The number of nitrogen functional groups attached to an aromatic ring is 1. The van der Waals surface area contributed by atoms with Crippen molar-refractivity contribution in [1.82, 2.24) is 0 Å². The van der Waals surface area contributed by atoms with E-state index in [1.54, 1.807) is 19.2 Å². The van der Waals surface area contributed by atoms with E-state index in [0.29, 0.717) is 22.7 Å². The molecule has 0 bridgehead atoms. The first-order chi connectivity index (χ1) is 10.6. The fourth-order valence-electron chi connectivity index (χ4n) is 2.33. The maximum absolute atomic E-state index is 12.4. The Kier molecular flexibility index (Phi) is 3.47. The van der Waals surface area contributed by atoms with Gasteiger partial charge in [0.15, 0.2) is 0 Å². The van der Waals surface area contributed by atoms with Crippen molar-refractivity contribution in [3.05, 3.63) is 53.8 Å². The van der Waals surface area contributed by atoms with Crippen molar-refractivity contribution in [1.29, 1.82) is 0 Å². The summed E-state index contributed by atoms with van der Waals surface area (Å²) in [5.74, 6) is 0.274. The highest BCUT2D eigenvalue weighted by molar-refractivity contribution is 6.11. The number of hydrogen-bond donors (Lipinski definition) is 2. The molecule has 0 aliphatic heterocycles. The zero-order chi connectivity index (χ0) is 15.7. The molecule has 0 spiro atoms. The van der Waals surface area contributed by atoms with Gasteiger partial charge in [0.2, 0.25) is 5.76 Å². The van der Waals surface area contributed by atoms with Gasteiger partial charge in [0.25, 0.3) is 5.91 Å². The minimum Gasteiger partial charge on any atom is -0.495 e. The number of nitrogens with one attached hydrogen (secondary N) is 1. The molecule has 1 amide bonds. The summed E-state index contributed by atoms with van der Waals surface area (Å²) >= 11 is 0.